The lowest BCUT2D eigenvalue weighted by Gasteiger charge is -2.19. The standard InChI is InChI=1S/C14H17ClN4/c1-3-13-12(7-9(2)18-19-13)14(17-16)10-5-4-6-11(15)8-10/h4-8,14,17H,3,16H2,1-2H3. The third-order valence-corrected chi connectivity index (χ3v) is 3.26. The third kappa shape index (κ3) is 3.10. The number of nitrogens with two attached hydrogens (primary N) is 1. The Bertz CT molecular complexity index is 571. The minimum absolute atomic E-state index is 0.136. The van der Waals surface area contributed by atoms with Gasteiger partial charge in [0.25, 0.3) is 0 Å². The lowest BCUT2D eigenvalue weighted by atomic mass is 9.97. The van der Waals surface area contributed by atoms with Gasteiger partial charge in [0.1, 0.15) is 0 Å². The van der Waals surface area contributed by atoms with Gasteiger partial charge in [-0.05, 0) is 37.1 Å². The number of nitrogens with zero attached hydrogens (tertiary/aromatic N) is 2. The number of hydrogen-bond donors (Lipinski definition) is 2. The lowest BCUT2D eigenvalue weighted by Crippen LogP contribution is -2.30. The molecule has 0 amide bonds. The maximum absolute atomic E-state index is 6.04. The fraction of sp³-hybridized carbons (Fsp3) is 0.286. The maximum Gasteiger partial charge on any atom is 0.0729 e. The zero-order valence-electron chi connectivity index (χ0n) is 11.0. The molecule has 1 aromatic heterocycles. The van der Waals surface area contributed by atoms with Gasteiger partial charge in [0, 0.05) is 10.6 Å². The molecule has 4 nitrogen and oxygen atoms in total. The second kappa shape index (κ2) is 6.10. The molecule has 5 heteroatoms. The largest absolute Gasteiger partial charge is 0.271 e. The molecule has 3 N–H and O–H groups in total. The summed E-state index contributed by atoms with van der Waals surface area (Å²) in [6.07, 6.45) is 0.807. The van der Waals surface area contributed by atoms with Gasteiger partial charge in [0.2, 0.25) is 0 Å². The Morgan fingerprint density at radius 1 is 1.32 bits per heavy atom. The van der Waals surface area contributed by atoms with Gasteiger partial charge in [-0.25, -0.2) is 5.43 Å². The van der Waals surface area contributed by atoms with Crippen LogP contribution in [0.4, 0.5) is 0 Å². The predicted molar refractivity (Wildman–Crippen MR) is 76.8 cm³/mol. The van der Waals surface area contributed by atoms with E-state index in [0.29, 0.717) is 5.02 Å². The molecule has 2 aromatic rings. The van der Waals surface area contributed by atoms with Crippen LogP contribution in [-0.2, 0) is 6.42 Å². The molecule has 0 aliphatic carbocycles. The molecule has 19 heavy (non-hydrogen) atoms. The normalized spacial score (nSPS) is 12.4. The van der Waals surface area contributed by atoms with Crippen molar-refractivity contribution < 1.29 is 0 Å². The van der Waals surface area contributed by atoms with E-state index in [1.54, 1.807) is 0 Å². The van der Waals surface area contributed by atoms with Gasteiger partial charge in [0.15, 0.2) is 0 Å². The Morgan fingerprint density at radius 2 is 2.11 bits per heavy atom. The molecule has 2 rings (SSSR count). The quantitative estimate of drug-likeness (QED) is 0.665. The first-order chi connectivity index (χ1) is 9.15. The van der Waals surface area contributed by atoms with E-state index in [1.807, 2.05) is 44.2 Å². The van der Waals surface area contributed by atoms with E-state index in [9.17, 15) is 0 Å². The smallest absolute Gasteiger partial charge is 0.0729 e. The fourth-order valence-electron chi connectivity index (χ4n) is 2.11. The first-order valence-electron chi connectivity index (χ1n) is 6.20. The highest BCUT2D eigenvalue weighted by molar-refractivity contribution is 6.30. The molecule has 0 radical (unpaired) electrons. The van der Waals surface area contributed by atoms with Crippen LogP contribution < -0.4 is 11.3 Å². The zero-order chi connectivity index (χ0) is 13.8. The number of rotatable bonds is 4. The van der Waals surface area contributed by atoms with Crippen LogP contribution >= 0.6 is 11.6 Å². The molecule has 1 aromatic carbocycles. The summed E-state index contributed by atoms with van der Waals surface area (Å²) in [7, 11) is 0. The number of hydrazine groups is 1. The molecule has 0 aliphatic heterocycles. The number of hydrogen-bond acceptors (Lipinski definition) is 4. The number of aryl methyl sites for hydroxylation is 2. The number of aromatic nitrogens is 2. The lowest BCUT2D eigenvalue weighted by molar-refractivity contribution is 0.622. The topological polar surface area (TPSA) is 63.8 Å². The Balaban J connectivity index is 2.50. The minimum Gasteiger partial charge on any atom is -0.271 e. The van der Waals surface area contributed by atoms with Crippen LogP contribution in [0.15, 0.2) is 30.3 Å². The molecule has 1 heterocycles. The Labute approximate surface area is 118 Å². The van der Waals surface area contributed by atoms with Crippen LogP contribution in [0.3, 0.4) is 0 Å². The van der Waals surface area contributed by atoms with Crippen molar-refractivity contribution in [2.75, 3.05) is 0 Å². The van der Waals surface area contributed by atoms with Gasteiger partial charge in [-0.3, -0.25) is 5.84 Å². The highest BCUT2D eigenvalue weighted by Gasteiger charge is 2.17. The third-order valence-electron chi connectivity index (χ3n) is 3.02. The predicted octanol–water partition coefficient (Wildman–Crippen LogP) is 2.55. The van der Waals surface area contributed by atoms with Gasteiger partial charge in [0.05, 0.1) is 17.4 Å². The monoisotopic (exact) mass is 276 g/mol. The van der Waals surface area contributed by atoms with Crippen molar-refractivity contribution in [2.45, 2.75) is 26.3 Å². The molecule has 0 saturated heterocycles. The minimum atomic E-state index is -0.136. The molecule has 0 bridgehead atoms. The number of benzene rings is 1. The van der Waals surface area contributed by atoms with Gasteiger partial charge < -0.3 is 0 Å². The highest BCUT2D eigenvalue weighted by Crippen LogP contribution is 2.26. The van der Waals surface area contributed by atoms with Crippen LogP contribution in [0.25, 0.3) is 0 Å². The van der Waals surface area contributed by atoms with Crippen molar-refractivity contribution in [3.05, 3.63) is 57.9 Å². The maximum atomic E-state index is 6.04. The van der Waals surface area contributed by atoms with Crippen molar-refractivity contribution in [3.63, 3.8) is 0 Å². The summed E-state index contributed by atoms with van der Waals surface area (Å²) in [6, 6.07) is 9.53. The highest BCUT2D eigenvalue weighted by atomic mass is 35.5. The van der Waals surface area contributed by atoms with Crippen LogP contribution in [0, 0.1) is 6.92 Å². The van der Waals surface area contributed by atoms with Crippen LogP contribution in [0.5, 0.6) is 0 Å². The first kappa shape index (κ1) is 13.9. The van der Waals surface area contributed by atoms with Gasteiger partial charge in [-0.2, -0.15) is 10.2 Å². The molecule has 0 saturated carbocycles. The first-order valence-corrected chi connectivity index (χ1v) is 6.58. The average Bonchev–Trinajstić information content (AvgIpc) is 2.40. The number of halogens is 1. The SMILES string of the molecule is CCc1nnc(C)cc1C(NN)c1cccc(Cl)c1. The summed E-state index contributed by atoms with van der Waals surface area (Å²) >= 11 is 6.04. The van der Waals surface area contributed by atoms with E-state index in [4.69, 9.17) is 17.4 Å². The Kier molecular flexibility index (Phi) is 4.47. The Hall–Kier alpha value is -1.49. The van der Waals surface area contributed by atoms with Crippen molar-refractivity contribution in [3.8, 4) is 0 Å². The summed E-state index contributed by atoms with van der Waals surface area (Å²) in [5.41, 5.74) is 6.70. The summed E-state index contributed by atoms with van der Waals surface area (Å²) in [4.78, 5) is 0. The summed E-state index contributed by atoms with van der Waals surface area (Å²) in [5, 5.41) is 9.02. The van der Waals surface area contributed by atoms with E-state index in [0.717, 1.165) is 28.9 Å². The van der Waals surface area contributed by atoms with E-state index < -0.39 is 0 Å². The van der Waals surface area contributed by atoms with Gasteiger partial charge >= 0.3 is 0 Å². The zero-order valence-corrected chi connectivity index (χ0v) is 11.8. The van der Waals surface area contributed by atoms with E-state index in [1.165, 1.54) is 0 Å². The van der Waals surface area contributed by atoms with E-state index in [2.05, 4.69) is 15.6 Å². The summed E-state index contributed by atoms with van der Waals surface area (Å²) < 4.78 is 0. The Morgan fingerprint density at radius 3 is 2.74 bits per heavy atom. The van der Waals surface area contributed by atoms with Crippen molar-refractivity contribution >= 4 is 11.6 Å². The van der Waals surface area contributed by atoms with Gasteiger partial charge in [-0.15, -0.1) is 0 Å². The summed E-state index contributed by atoms with van der Waals surface area (Å²) in [5.74, 6) is 5.72. The molecular weight excluding hydrogens is 260 g/mol. The summed E-state index contributed by atoms with van der Waals surface area (Å²) in [6.45, 7) is 3.97. The molecule has 0 fully saturated rings. The molecule has 0 spiro atoms. The average molecular weight is 277 g/mol. The molecule has 100 valence electrons. The van der Waals surface area contributed by atoms with Crippen LogP contribution in [0.1, 0.15) is 35.5 Å². The van der Waals surface area contributed by atoms with Crippen molar-refractivity contribution in [1.29, 1.82) is 0 Å². The second-order valence-corrected chi connectivity index (χ2v) is 4.83. The van der Waals surface area contributed by atoms with E-state index in [-0.39, 0.29) is 6.04 Å². The van der Waals surface area contributed by atoms with Crippen molar-refractivity contribution in [1.82, 2.24) is 15.6 Å². The van der Waals surface area contributed by atoms with Crippen LogP contribution in [-0.4, -0.2) is 10.2 Å². The van der Waals surface area contributed by atoms with Gasteiger partial charge in [-0.1, -0.05) is 30.7 Å². The molecule has 1 unspecified atom stereocenters. The molecule has 1 atom stereocenters. The van der Waals surface area contributed by atoms with Crippen LogP contribution in [0.2, 0.25) is 5.02 Å². The number of nitrogens with one attached hydrogen (secondary N) is 1. The second-order valence-electron chi connectivity index (χ2n) is 4.40. The molecule has 0 aliphatic rings. The van der Waals surface area contributed by atoms with E-state index >= 15 is 0 Å². The van der Waals surface area contributed by atoms with Crippen molar-refractivity contribution in [2.24, 2.45) is 5.84 Å². The molecular formula is C14H17ClN4. The fourth-order valence-corrected chi connectivity index (χ4v) is 2.31.